The van der Waals surface area contributed by atoms with Crippen molar-refractivity contribution in [1.82, 2.24) is 19.9 Å². The molecule has 8 bridgehead atoms. The Morgan fingerprint density at radius 1 is 0.250 bits per heavy atom. The molecule has 0 atom stereocenters. The smallest absolute Gasteiger partial charge is 0.119 e. The molecule has 8 nitrogen and oxygen atoms in total. The van der Waals surface area contributed by atoms with Crippen LogP contribution in [0.3, 0.4) is 0 Å². The number of rotatable bonds is 16. The second-order valence-electron chi connectivity index (χ2n) is 27.6. The van der Waals surface area contributed by atoms with Crippen molar-refractivity contribution in [2.45, 2.75) is 79.1 Å². The van der Waals surface area contributed by atoms with Crippen LogP contribution < -0.4 is 18.9 Å². The van der Waals surface area contributed by atoms with Crippen molar-refractivity contribution >= 4 is 67.9 Å². The van der Waals surface area contributed by atoms with Crippen molar-refractivity contribution in [3.8, 4) is 112 Å². The first-order valence-corrected chi connectivity index (χ1v) is 34.8. The number of methoxy groups -OCH3 is 4. The van der Waals surface area contributed by atoms with Gasteiger partial charge < -0.3 is 28.9 Å². The summed E-state index contributed by atoms with van der Waals surface area (Å²) in [4.78, 5) is 20.7. The highest BCUT2D eigenvalue weighted by Gasteiger charge is 2.27. The first-order chi connectivity index (χ1) is 48.6. The van der Waals surface area contributed by atoms with Crippen molar-refractivity contribution < 1.29 is 18.9 Å². The molecule has 0 spiro atoms. The lowest BCUT2D eigenvalue weighted by molar-refractivity contribution is 0.415. The van der Waals surface area contributed by atoms with Gasteiger partial charge in [0.05, 0.1) is 73.3 Å². The van der Waals surface area contributed by atoms with Crippen molar-refractivity contribution in [2.75, 3.05) is 28.4 Å². The lowest BCUT2D eigenvalue weighted by Gasteiger charge is -2.14. The first kappa shape index (κ1) is 64.5. The Kier molecular flexibility index (Phi) is 17.3. The zero-order valence-corrected chi connectivity index (χ0v) is 58.9. The topological polar surface area (TPSA) is 94.3 Å². The molecule has 8 heteroatoms. The Hall–Kier alpha value is -11.5. The van der Waals surface area contributed by atoms with Crippen LogP contribution in [0.5, 0.6) is 23.0 Å². The van der Waals surface area contributed by atoms with E-state index in [0.29, 0.717) is 23.7 Å². The maximum atomic E-state index is 6.04. The van der Waals surface area contributed by atoms with Crippen LogP contribution in [0.1, 0.15) is 124 Å². The number of H-pyrrole nitrogens is 2. The summed E-state index contributed by atoms with van der Waals surface area (Å²) in [7, 11) is 6.92. The fourth-order valence-electron chi connectivity index (χ4n) is 14.6. The Morgan fingerprint density at radius 2 is 0.460 bits per heavy atom. The van der Waals surface area contributed by atoms with Gasteiger partial charge in [0.2, 0.25) is 0 Å². The fraction of sp³-hybridized carbons (Fsp3) is 0.174. The second-order valence-corrected chi connectivity index (χ2v) is 27.6. The summed E-state index contributed by atoms with van der Waals surface area (Å²) >= 11 is 0. The minimum absolute atomic E-state index is 0.312. The van der Waals surface area contributed by atoms with Gasteiger partial charge in [-0.05, 0) is 210 Å². The van der Waals surface area contributed by atoms with Crippen LogP contribution in [0.15, 0.2) is 218 Å². The van der Waals surface area contributed by atoms with Crippen LogP contribution in [0.4, 0.5) is 0 Å². The molecule has 13 aromatic rings. The molecule has 2 aliphatic rings. The molecule has 100 heavy (non-hydrogen) atoms. The van der Waals surface area contributed by atoms with Crippen molar-refractivity contribution in [3.63, 3.8) is 0 Å². The molecule has 0 unspecified atom stereocenters. The highest BCUT2D eigenvalue weighted by molar-refractivity contribution is 6.21. The number of nitrogens with one attached hydrogen (secondary N) is 2. The zero-order chi connectivity index (χ0) is 69.0. The number of nitrogens with zero attached hydrogens (tertiary/aromatic N) is 2. The summed E-state index contributed by atoms with van der Waals surface area (Å²) in [6.45, 7) is 18.0. The van der Waals surface area contributed by atoms with Gasteiger partial charge in [-0.1, -0.05) is 201 Å². The molecule has 0 amide bonds. The quantitative estimate of drug-likeness (QED) is 0.100. The molecule has 0 saturated heterocycles. The molecule has 15 rings (SSSR count). The molecule has 2 aliphatic heterocycles. The lowest BCUT2D eigenvalue weighted by atomic mass is 9.90. The van der Waals surface area contributed by atoms with Crippen molar-refractivity contribution in [1.29, 1.82) is 0 Å². The summed E-state index contributed by atoms with van der Waals surface area (Å²) in [5.41, 5.74) is 28.0. The van der Waals surface area contributed by atoms with Gasteiger partial charge in [0.1, 0.15) is 23.0 Å². The normalized spacial score (nSPS) is 12.1. The number of hydrogen-bond donors (Lipinski definition) is 2. The van der Waals surface area contributed by atoms with E-state index in [2.05, 4.69) is 284 Å². The van der Waals surface area contributed by atoms with Gasteiger partial charge >= 0.3 is 0 Å². The summed E-state index contributed by atoms with van der Waals surface area (Å²) in [6, 6.07) is 79.5. The van der Waals surface area contributed by atoms with E-state index >= 15 is 0 Å². The van der Waals surface area contributed by atoms with E-state index < -0.39 is 0 Å². The third-order valence-electron chi connectivity index (χ3n) is 20.2. The van der Waals surface area contributed by atoms with Crippen LogP contribution >= 0.6 is 0 Å². The van der Waals surface area contributed by atoms with Gasteiger partial charge in [-0.2, -0.15) is 0 Å². The van der Waals surface area contributed by atoms with Crippen molar-refractivity contribution in [2.24, 2.45) is 0 Å². The van der Waals surface area contributed by atoms with Crippen molar-refractivity contribution in [3.05, 3.63) is 263 Å². The van der Waals surface area contributed by atoms with Crippen LogP contribution in [0.2, 0.25) is 0 Å². The summed E-state index contributed by atoms with van der Waals surface area (Å²) < 4.78 is 23.9. The summed E-state index contributed by atoms with van der Waals surface area (Å²) in [6.07, 6.45) is 8.90. The molecule has 0 saturated carbocycles. The first-order valence-electron chi connectivity index (χ1n) is 34.8. The second kappa shape index (κ2) is 26.7. The SMILES string of the molecule is COc1cccc(-c2cc3c4[nH]c(c(-c5ccc(C(C)C)cc5)c5nc(c(-c6ccc(C(C)C)cc6)c6[nH]c(c(-c7ccc(C(C)C)cc7)c7nc(c4-c4ccc(C(C)C)cc4)C=C7)c4cc(-c7cccc(OC)c7)c(-c7cccc(OC)c7)cc64)C=C5)c3cc2-c2cccc(OC)c2)c1. The summed E-state index contributed by atoms with van der Waals surface area (Å²) in [5.74, 6) is 4.30. The molecular weight excluding hydrogens is 1230 g/mol. The van der Waals surface area contributed by atoms with Gasteiger partial charge in [-0.15, -0.1) is 0 Å². The number of aromatic amines is 2. The number of benzene rings is 10. The molecule has 5 heterocycles. The minimum Gasteiger partial charge on any atom is -0.497 e. The maximum Gasteiger partial charge on any atom is 0.119 e. The Labute approximate surface area is 586 Å². The highest BCUT2D eigenvalue weighted by atomic mass is 16.5. The number of fused-ring (bicyclic) bond motifs is 14. The molecule has 494 valence electrons. The van der Waals surface area contributed by atoms with Crippen LogP contribution in [0, 0.1) is 0 Å². The van der Waals surface area contributed by atoms with Crippen LogP contribution in [0.25, 0.3) is 157 Å². The Balaban J connectivity index is 1.22. The predicted molar refractivity (Wildman–Crippen MR) is 420 cm³/mol. The van der Waals surface area contributed by atoms with Gasteiger partial charge in [-0.3, -0.25) is 0 Å². The third kappa shape index (κ3) is 11.9. The van der Waals surface area contributed by atoms with Crippen LogP contribution in [-0.4, -0.2) is 48.4 Å². The van der Waals surface area contributed by atoms with Crippen LogP contribution in [-0.2, 0) is 0 Å². The zero-order valence-electron chi connectivity index (χ0n) is 58.9. The molecule has 10 aromatic carbocycles. The number of hydrogen-bond acceptors (Lipinski definition) is 6. The number of ether oxygens (including phenoxy) is 4. The van der Waals surface area contributed by atoms with Gasteiger partial charge in [0.25, 0.3) is 0 Å². The van der Waals surface area contributed by atoms with E-state index in [1.54, 1.807) is 28.4 Å². The Morgan fingerprint density at radius 3 is 0.650 bits per heavy atom. The van der Waals surface area contributed by atoms with Gasteiger partial charge in [0, 0.05) is 43.8 Å². The molecule has 3 aromatic heterocycles. The standard InChI is InChI=1S/C92H82N4O4/c1-53(2)57-25-33-61(34-26-57)85-81-41-42-82(93-81)86(62-35-27-58(28-36-62)54(3)4)91-79-51-75(67-19-15-23-71(47-67)99-11)76(68-20-16-24-72(48-68)100-12)52-80(79)92(96-91)88(64-39-31-60(32-40-64)56(7)8)84-44-43-83(94-84)87(63-37-29-59(30-38-63)55(5)6)90-78-50-74(66-18-14-22-70(46-66)98-10)73(49-77(78)89(85)95-90)65-17-13-21-69(45-65)97-9/h13-56,95-96H,1-12H3. The van der Waals surface area contributed by atoms with E-state index in [4.69, 9.17) is 28.9 Å². The largest absolute Gasteiger partial charge is 0.497 e. The van der Waals surface area contributed by atoms with Gasteiger partial charge in [-0.25, -0.2) is 9.97 Å². The lowest BCUT2D eigenvalue weighted by Crippen LogP contribution is -1.92. The molecule has 0 fully saturated rings. The van der Waals surface area contributed by atoms with E-state index in [-0.39, 0.29) is 0 Å². The van der Waals surface area contributed by atoms with E-state index in [1.807, 2.05) is 24.3 Å². The van der Waals surface area contributed by atoms with E-state index in [0.717, 1.165) is 178 Å². The maximum absolute atomic E-state index is 6.04. The molecule has 2 N–H and O–H groups in total. The minimum atomic E-state index is 0.312. The summed E-state index contributed by atoms with van der Waals surface area (Å²) in [5, 5.41) is 4.06. The van der Waals surface area contributed by atoms with E-state index in [9.17, 15) is 0 Å². The molecule has 0 radical (unpaired) electrons. The molecular formula is C92H82N4O4. The number of aromatic nitrogens is 4. The monoisotopic (exact) mass is 1310 g/mol. The predicted octanol–water partition coefficient (Wildman–Crippen LogP) is 24.8. The Bertz CT molecular complexity index is 4890. The average Bonchev–Trinajstić information content (AvgIpc) is 1.56. The van der Waals surface area contributed by atoms with Gasteiger partial charge in [0.15, 0.2) is 0 Å². The molecule has 0 aliphatic carbocycles. The fourth-order valence-corrected chi connectivity index (χ4v) is 14.6. The average molecular weight is 1310 g/mol. The van der Waals surface area contributed by atoms with E-state index in [1.165, 1.54) is 22.3 Å². The highest BCUT2D eigenvalue weighted by Crippen LogP contribution is 2.49. The third-order valence-corrected chi connectivity index (χ3v) is 20.2.